The minimum atomic E-state index is -1.07. The minimum absolute atomic E-state index is 0.0260. The Morgan fingerprint density at radius 1 is 1.50 bits per heavy atom. The minimum Gasteiger partial charge on any atom is -0.479 e. The topological polar surface area (TPSA) is 87.2 Å². The van der Waals surface area contributed by atoms with Crippen molar-refractivity contribution in [3.8, 4) is 0 Å². The molecule has 1 unspecified atom stereocenters. The first kappa shape index (κ1) is 13.2. The van der Waals surface area contributed by atoms with E-state index in [1.165, 1.54) is 21.6 Å². The van der Waals surface area contributed by atoms with Crippen LogP contribution in [0.15, 0.2) is 0 Å². The fourth-order valence-corrected chi connectivity index (χ4v) is 2.73. The zero-order valence-corrected chi connectivity index (χ0v) is 10.5. The third-order valence-corrected chi connectivity index (χ3v) is 3.79. The molecule has 0 radical (unpaired) electrons. The van der Waals surface area contributed by atoms with Crippen LogP contribution in [-0.4, -0.2) is 76.7 Å². The normalized spacial score (nSPS) is 24.4. The Bertz CT molecular complexity index is 375. The van der Waals surface area contributed by atoms with Crippen molar-refractivity contribution < 1.29 is 24.2 Å². The molecule has 2 aliphatic heterocycles. The fraction of sp³-hybridized carbons (Fsp3) is 0.700. The molecule has 0 spiro atoms. The Morgan fingerprint density at radius 2 is 2.28 bits per heavy atom. The van der Waals surface area contributed by atoms with Gasteiger partial charge in [-0.2, -0.15) is 0 Å². The average Bonchev–Trinajstić information content (AvgIpc) is 2.75. The molecule has 0 aromatic carbocycles. The van der Waals surface area contributed by atoms with Gasteiger partial charge in [0.15, 0.2) is 6.10 Å². The molecule has 1 atom stereocenters. The van der Waals surface area contributed by atoms with E-state index in [4.69, 9.17) is 9.84 Å². The highest BCUT2D eigenvalue weighted by molar-refractivity contribution is 8.00. The van der Waals surface area contributed by atoms with Gasteiger partial charge >= 0.3 is 5.97 Å². The molecule has 2 aliphatic rings. The van der Waals surface area contributed by atoms with E-state index in [0.29, 0.717) is 18.2 Å². The van der Waals surface area contributed by atoms with Gasteiger partial charge in [-0.3, -0.25) is 9.59 Å². The van der Waals surface area contributed by atoms with Crippen LogP contribution in [0.1, 0.15) is 0 Å². The van der Waals surface area contributed by atoms with Gasteiger partial charge in [-0.05, 0) is 0 Å². The van der Waals surface area contributed by atoms with E-state index in [0.717, 1.165) is 0 Å². The predicted octanol–water partition coefficient (Wildman–Crippen LogP) is -1.17. The quantitative estimate of drug-likeness (QED) is 0.698. The number of rotatable bonds is 3. The SMILES string of the molecule is O=C(O)C1CN(C(=O)CN2CSCC2=O)CCO1. The molecule has 18 heavy (non-hydrogen) atoms. The second-order valence-electron chi connectivity index (χ2n) is 4.11. The maximum atomic E-state index is 11.9. The number of hydrogen-bond acceptors (Lipinski definition) is 5. The third-order valence-electron chi connectivity index (χ3n) is 2.85. The lowest BCUT2D eigenvalue weighted by Gasteiger charge is -2.31. The predicted molar refractivity (Wildman–Crippen MR) is 63.0 cm³/mol. The van der Waals surface area contributed by atoms with Crippen LogP contribution in [0, 0.1) is 0 Å². The molecule has 7 nitrogen and oxygen atoms in total. The summed E-state index contributed by atoms with van der Waals surface area (Å²) < 4.78 is 5.03. The first-order valence-corrected chi connectivity index (χ1v) is 6.71. The molecule has 100 valence electrons. The van der Waals surface area contributed by atoms with Gasteiger partial charge in [0.25, 0.3) is 0 Å². The average molecular weight is 274 g/mol. The summed E-state index contributed by atoms with van der Waals surface area (Å²) in [6.07, 6.45) is -0.966. The molecule has 0 aliphatic carbocycles. The Balaban J connectivity index is 1.88. The van der Waals surface area contributed by atoms with Crippen LogP contribution < -0.4 is 0 Å². The van der Waals surface area contributed by atoms with Crippen molar-refractivity contribution in [1.82, 2.24) is 9.80 Å². The third kappa shape index (κ3) is 2.94. The number of morpholine rings is 1. The van der Waals surface area contributed by atoms with Crippen molar-refractivity contribution in [1.29, 1.82) is 0 Å². The van der Waals surface area contributed by atoms with E-state index in [1.807, 2.05) is 0 Å². The Morgan fingerprint density at radius 3 is 2.89 bits per heavy atom. The highest BCUT2D eigenvalue weighted by Crippen LogP contribution is 2.15. The van der Waals surface area contributed by atoms with E-state index < -0.39 is 12.1 Å². The molecule has 2 rings (SSSR count). The van der Waals surface area contributed by atoms with E-state index in [2.05, 4.69) is 0 Å². The number of carboxylic acids is 1. The molecule has 0 bridgehead atoms. The molecule has 2 heterocycles. The fourth-order valence-electron chi connectivity index (χ4n) is 1.83. The zero-order valence-electron chi connectivity index (χ0n) is 9.70. The monoisotopic (exact) mass is 274 g/mol. The van der Waals surface area contributed by atoms with Crippen LogP contribution in [0.5, 0.6) is 0 Å². The molecule has 0 aromatic rings. The van der Waals surface area contributed by atoms with Crippen LogP contribution in [0.4, 0.5) is 0 Å². The highest BCUT2D eigenvalue weighted by atomic mass is 32.2. The Hall–Kier alpha value is -1.28. The van der Waals surface area contributed by atoms with Crippen molar-refractivity contribution in [2.45, 2.75) is 6.10 Å². The lowest BCUT2D eigenvalue weighted by Crippen LogP contribution is -2.51. The smallest absolute Gasteiger partial charge is 0.334 e. The molecule has 2 saturated heterocycles. The van der Waals surface area contributed by atoms with Crippen molar-refractivity contribution >= 4 is 29.5 Å². The van der Waals surface area contributed by atoms with Gasteiger partial charge in [0.05, 0.1) is 24.8 Å². The molecule has 0 saturated carbocycles. The highest BCUT2D eigenvalue weighted by Gasteiger charge is 2.31. The standard InChI is InChI=1S/C10H14N2O5S/c13-8(4-12-6-18-5-9(12)14)11-1-2-17-7(3-11)10(15)16/h7H,1-6H2,(H,15,16). The van der Waals surface area contributed by atoms with Crippen LogP contribution in [0.25, 0.3) is 0 Å². The summed E-state index contributed by atoms with van der Waals surface area (Å²) in [6, 6.07) is 0. The Labute approximate surface area is 108 Å². The number of carbonyl (C=O) groups excluding carboxylic acids is 2. The van der Waals surface area contributed by atoms with Crippen molar-refractivity contribution in [3.63, 3.8) is 0 Å². The summed E-state index contributed by atoms with van der Waals surface area (Å²) in [4.78, 5) is 37.0. The maximum Gasteiger partial charge on any atom is 0.334 e. The number of nitrogens with zero attached hydrogens (tertiary/aromatic N) is 2. The summed E-state index contributed by atoms with van der Waals surface area (Å²) in [6.45, 7) is 0.657. The van der Waals surface area contributed by atoms with E-state index >= 15 is 0 Å². The first-order chi connectivity index (χ1) is 8.58. The Kier molecular flexibility index (Phi) is 4.07. The summed E-state index contributed by atoms with van der Waals surface area (Å²) in [5.74, 6) is -0.400. The lowest BCUT2D eigenvalue weighted by molar-refractivity contribution is -0.160. The number of thioether (sulfide) groups is 1. The van der Waals surface area contributed by atoms with Gasteiger partial charge in [-0.25, -0.2) is 4.79 Å². The molecule has 0 aromatic heterocycles. The molecule has 2 fully saturated rings. The maximum absolute atomic E-state index is 11.9. The number of ether oxygens (including phenoxy) is 1. The van der Waals surface area contributed by atoms with Crippen LogP contribution in [0.2, 0.25) is 0 Å². The number of amides is 2. The van der Waals surface area contributed by atoms with Gasteiger partial charge < -0.3 is 19.6 Å². The van der Waals surface area contributed by atoms with Gasteiger partial charge in [-0.1, -0.05) is 0 Å². The number of carboxylic acid groups (broad SMARTS) is 1. The molecule has 8 heteroatoms. The van der Waals surface area contributed by atoms with Gasteiger partial charge in [0.2, 0.25) is 11.8 Å². The summed E-state index contributed by atoms with van der Waals surface area (Å²) in [5.41, 5.74) is 0. The molecule has 2 amide bonds. The molecular weight excluding hydrogens is 260 g/mol. The van der Waals surface area contributed by atoms with Crippen molar-refractivity contribution in [2.24, 2.45) is 0 Å². The lowest BCUT2D eigenvalue weighted by atomic mass is 10.2. The van der Waals surface area contributed by atoms with Crippen LogP contribution in [-0.2, 0) is 19.1 Å². The van der Waals surface area contributed by atoms with Gasteiger partial charge in [0, 0.05) is 6.54 Å². The van der Waals surface area contributed by atoms with E-state index in [1.54, 1.807) is 0 Å². The second kappa shape index (κ2) is 5.57. The van der Waals surface area contributed by atoms with Crippen LogP contribution >= 0.6 is 11.8 Å². The summed E-state index contributed by atoms with van der Waals surface area (Å²) in [5, 5.41) is 8.83. The number of aliphatic carboxylic acids is 1. The first-order valence-electron chi connectivity index (χ1n) is 5.55. The van der Waals surface area contributed by atoms with Gasteiger partial charge in [-0.15, -0.1) is 11.8 Å². The van der Waals surface area contributed by atoms with Gasteiger partial charge in [0.1, 0.15) is 6.54 Å². The van der Waals surface area contributed by atoms with Crippen molar-refractivity contribution in [2.75, 3.05) is 37.9 Å². The summed E-state index contributed by atoms with van der Waals surface area (Å²) >= 11 is 1.47. The largest absolute Gasteiger partial charge is 0.479 e. The van der Waals surface area contributed by atoms with Crippen molar-refractivity contribution in [3.05, 3.63) is 0 Å². The second-order valence-corrected chi connectivity index (χ2v) is 5.06. The van der Waals surface area contributed by atoms with E-state index in [9.17, 15) is 14.4 Å². The zero-order chi connectivity index (χ0) is 13.1. The van der Waals surface area contributed by atoms with E-state index in [-0.39, 0.29) is 31.5 Å². The summed E-state index contributed by atoms with van der Waals surface area (Å²) in [7, 11) is 0. The number of hydrogen-bond donors (Lipinski definition) is 1. The molecular formula is C10H14N2O5S. The molecule has 1 N–H and O–H groups in total. The van der Waals surface area contributed by atoms with Crippen LogP contribution in [0.3, 0.4) is 0 Å². The number of carbonyl (C=O) groups is 3.